The van der Waals surface area contributed by atoms with Crippen LogP contribution in [0, 0.1) is 17.8 Å². The fourth-order valence-corrected chi connectivity index (χ4v) is 6.64. The van der Waals surface area contributed by atoms with E-state index in [0.717, 1.165) is 31.4 Å². The van der Waals surface area contributed by atoms with Crippen LogP contribution >= 0.6 is 0 Å². The van der Waals surface area contributed by atoms with Crippen molar-refractivity contribution < 1.29 is 28.6 Å². The lowest BCUT2D eigenvalue weighted by Gasteiger charge is -2.42. The van der Waals surface area contributed by atoms with Gasteiger partial charge in [0.05, 0.1) is 0 Å². The summed E-state index contributed by atoms with van der Waals surface area (Å²) in [6.07, 6.45) is 3.84. The highest BCUT2D eigenvalue weighted by Crippen LogP contribution is 2.40. The topological polar surface area (TPSA) is 130 Å². The van der Waals surface area contributed by atoms with E-state index in [1.165, 1.54) is 4.31 Å². The predicted octanol–water partition coefficient (Wildman–Crippen LogP) is 1.63. The number of carboxylic acids is 2. The lowest BCUT2D eigenvalue weighted by Crippen LogP contribution is -2.50. The van der Waals surface area contributed by atoms with E-state index in [0.29, 0.717) is 43.7 Å². The van der Waals surface area contributed by atoms with Crippen molar-refractivity contribution in [2.75, 3.05) is 19.6 Å². The molecular formula is C23H33N3O6S. The highest BCUT2D eigenvalue weighted by atomic mass is 32.2. The second-order valence-electron chi connectivity index (χ2n) is 9.72. The number of nitrogens with one attached hydrogen (secondary N) is 1. The molecule has 0 spiro atoms. The van der Waals surface area contributed by atoms with Crippen LogP contribution in [0.2, 0.25) is 0 Å². The first-order valence-electron chi connectivity index (χ1n) is 11.7. The molecule has 7 atom stereocenters. The van der Waals surface area contributed by atoms with Crippen molar-refractivity contribution in [3.8, 4) is 0 Å². The van der Waals surface area contributed by atoms with Crippen molar-refractivity contribution in [3.05, 3.63) is 35.9 Å². The van der Waals surface area contributed by atoms with Crippen LogP contribution in [0.1, 0.15) is 37.7 Å². The lowest BCUT2D eigenvalue weighted by molar-refractivity contribution is -0.143. The third-order valence-electron chi connectivity index (χ3n) is 7.66. The van der Waals surface area contributed by atoms with Gasteiger partial charge in [0.15, 0.2) is 0 Å². The Morgan fingerprint density at radius 1 is 1.06 bits per heavy atom. The summed E-state index contributed by atoms with van der Waals surface area (Å²) in [6, 6.07) is 7.91. The molecule has 0 amide bonds. The number of aliphatic carboxylic acids is 2. The summed E-state index contributed by atoms with van der Waals surface area (Å²) in [7, 11) is 0. The number of nitrogens with zero attached hydrogens (tertiary/aromatic N) is 2. The maximum absolute atomic E-state index is 12.1. The van der Waals surface area contributed by atoms with E-state index in [4.69, 9.17) is 0 Å². The summed E-state index contributed by atoms with van der Waals surface area (Å²) in [4.78, 5) is 25.4. The first kappa shape index (κ1) is 24.3. The van der Waals surface area contributed by atoms with Crippen LogP contribution in [-0.2, 0) is 27.4 Å². The van der Waals surface area contributed by atoms with Crippen molar-refractivity contribution in [1.29, 1.82) is 0 Å². The second kappa shape index (κ2) is 10.6. The smallest absolute Gasteiger partial charge is 0.320 e. The normalized spacial score (nSPS) is 33.5. The maximum Gasteiger partial charge on any atom is 0.320 e. The first-order valence-corrected chi connectivity index (χ1v) is 12.7. The van der Waals surface area contributed by atoms with Crippen molar-refractivity contribution in [3.63, 3.8) is 0 Å². The Hall–Kier alpha value is -1.85. The van der Waals surface area contributed by atoms with Gasteiger partial charge in [-0.2, -0.15) is 4.31 Å². The minimum absolute atomic E-state index is 0.283. The molecule has 4 N–H and O–H groups in total. The molecule has 1 unspecified atom stereocenters. The number of carboxylic acid groups (broad SMARTS) is 2. The van der Waals surface area contributed by atoms with Crippen molar-refractivity contribution >= 4 is 23.2 Å². The van der Waals surface area contributed by atoms with Crippen LogP contribution in [0.5, 0.6) is 0 Å². The number of piperidine rings is 1. The highest BCUT2D eigenvalue weighted by Gasteiger charge is 2.43. The van der Waals surface area contributed by atoms with Gasteiger partial charge in [-0.1, -0.05) is 30.3 Å². The Balaban J connectivity index is 1.41. The van der Waals surface area contributed by atoms with E-state index in [9.17, 15) is 28.6 Å². The molecule has 1 aromatic rings. The van der Waals surface area contributed by atoms with Gasteiger partial charge in [0, 0.05) is 25.7 Å². The monoisotopic (exact) mass is 479 g/mol. The van der Waals surface area contributed by atoms with Crippen LogP contribution in [0.25, 0.3) is 0 Å². The molecule has 1 saturated carbocycles. The van der Waals surface area contributed by atoms with E-state index < -0.39 is 35.3 Å². The molecule has 1 aliphatic carbocycles. The molecule has 3 aliphatic rings. The molecule has 10 heteroatoms. The summed E-state index contributed by atoms with van der Waals surface area (Å²) in [5.74, 6) is -0.577. The molecule has 0 radical (unpaired) electrons. The largest absolute Gasteiger partial charge is 0.480 e. The SMILES string of the molecule is O=C(O)[C@@H]1C[C@H]2C[C@@H](CN3C[C@@H](N(Cc4ccccc4)S(=O)O)C[C@H]3C(=O)O)CC[C@H]2CN1. The standard InChI is InChI=1S/C23H33N3O6S/c27-22(28)20-9-18-8-16(6-7-17(18)11-24-20)12-25-14-19(10-21(25)23(29)30)26(33(31)32)13-15-4-2-1-3-5-15/h1-5,16-21,24H,6-14H2,(H,27,28)(H,29,30)(H,31,32)/t16-,17-,18+,19-,20-,21-/m0/s1. The van der Waals surface area contributed by atoms with Crippen LogP contribution in [-0.4, -0.2) is 77.9 Å². The van der Waals surface area contributed by atoms with Gasteiger partial charge >= 0.3 is 11.9 Å². The molecule has 9 nitrogen and oxygen atoms in total. The molecule has 0 bridgehead atoms. The minimum Gasteiger partial charge on any atom is -0.480 e. The van der Waals surface area contributed by atoms with Crippen LogP contribution in [0.15, 0.2) is 30.3 Å². The maximum atomic E-state index is 12.1. The van der Waals surface area contributed by atoms with Gasteiger partial charge in [-0.05, 0) is 62.0 Å². The van der Waals surface area contributed by atoms with E-state index in [-0.39, 0.29) is 12.6 Å². The number of hydrogen-bond donors (Lipinski definition) is 4. The number of hydrogen-bond acceptors (Lipinski definition) is 5. The fourth-order valence-electron chi connectivity index (χ4n) is 5.97. The predicted molar refractivity (Wildman–Crippen MR) is 123 cm³/mol. The molecule has 182 valence electrons. The Bertz CT molecular complexity index is 871. The van der Waals surface area contributed by atoms with Crippen LogP contribution in [0.4, 0.5) is 0 Å². The third kappa shape index (κ3) is 5.81. The summed E-state index contributed by atoms with van der Waals surface area (Å²) in [6.45, 7) is 2.07. The zero-order valence-electron chi connectivity index (χ0n) is 18.6. The zero-order chi connectivity index (χ0) is 23.5. The van der Waals surface area contributed by atoms with Crippen LogP contribution in [0.3, 0.4) is 0 Å². The summed E-state index contributed by atoms with van der Waals surface area (Å²) in [5.41, 5.74) is 0.905. The molecular weight excluding hydrogens is 446 g/mol. The molecule has 0 aromatic heterocycles. The van der Waals surface area contributed by atoms with Crippen molar-refractivity contribution in [2.24, 2.45) is 17.8 Å². The van der Waals surface area contributed by atoms with Gasteiger partial charge in [0.1, 0.15) is 12.1 Å². The van der Waals surface area contributed by atoms with E-state index >= 15 is 0 Å². The second-order valence-corrected chi connectivity index (χ2v) is 10.7. The van der Waals surface area contributed by atoms with Crippen molar-refractivity contribution in [1.82, 2.24) is 14.5 Å². The molecule has 3 fully saturated rings. The average Bonchev–Trinajstić information content (AvgIpc) is 3.21. The zero-order valence-corrected chi connectivity index (χ0v) is 19.4. The summed E-state index contributed by atoms with van der Waals surface area (Å²) >= 11 is -2.21. The Morgan fingerprint density at radius 2 is 1.82 bits per heavy atom. The molecule has 4 rings (SSSR count). The van der Waals surface area contributed by atoms with Gasteiger partial charge in [-0.25, -0.2) is 4.21 Å². The number of likely N-dealkylation sites (tertiary alicyclic amines) is 1. The molecule has 33 heavy (non-hydrogen) atoms. The number of rotatable bonds is 8. The number of benzene rings is 1. The van der Waals surface area contributed by atoms with Crippen molar-refractivity contribution in [2.45, 2.75) is 56.8 Å². The van der Waals surface area contributed by atoms with E-state index in [1.54, 1.807) is 0 Å². The number of fused-ring (bicyclic) bond motifs is 1. The summed E-state index contributed by atoms with van der Waals surface area (Å²) < 4.78 is 23.5. The average molecular weight is 480 g/mol. The highest BCUT2D eigenvalue weighted by molar-refractivity contribution is 7.76. The minimum atomic E-state index is -2.21. The van der Waals surface area contributed by atoms with Gasteiger partial charge in [-0.3, -0.25) is 19.0 Å². The Morgan fingerprint density at radius 3 is 2.48 bits per heavy atom. The van der Waals surface area contributed by atoms with Gasteiger partial charge in [-0.15, -0.1) is 0 Å². The van der Waals surface area contributed by atoms with Gasteiger partial charge in [0.2, 0.25) is 11.3 Å². The Labute approximate surface area is 196 Å². The van der Waals surface area contributed by atoms with Crippen LogP contribution < -0.4 is 5.32 Å². The van der Waals surface area contributed by atoms with E-state index in [1.807, 2.05) is 35.2 Å². The summed E-state index contributed by atoms with van der Waals surface area (Å²) in [5, 5.41) is 22.3. The van der Waals surface area contributed by atoms with Gasteiger partial charge in [0.25, 0.3) is 0 Å². The third-order valence-corrected chi connectivity index (χ3v) is 8.49. The number of carbonyl (C=O) groups is 2. The Kier molecular flexibility index (Phi) is 7.80. The van der Waals surface area contributed by atoms with Gasteiger partial charge < -0.3 is 15.5 Å². The molecule has 1 aromatic carbocycles. The quantitative estimate of drug-likeness (QED) is 0.414. The van der Waals surface area contributed by atoms with E-state index in [2.05, 4.69) is 5.32 Å². The molecule has 2 aliphatic heterocycles. The molecule has 2 heterocycles. The first-order chi connectivity index (χ1) is 15.8. The fraction of sp³-hybridized carbons (Fsp3) is 0.652. The lowest BCUT2D eigenvalue weighted by atomic mass is 9.69. The molecule has 2 saturated heterocycles.